The molecular formula is C26H32N2O5. The van der Waals surface area contributed by atoms with Crippen LogP contribution in [0.25, 0.3) is 6.08 Å². The van der Waals surface area contributed by atoms with Crippen molar-refractivity contribution in [3.8, 4) is 17.2 Å². The second-order valence-corrected chi connectivity index (χ2v) is 8.84. The Bertz CT molecular complexity index is 1070. The maximum Gasteiger partial charge on any atom is 0.230 e. The lowest BCUT2D eigenvalue weighted by molar-refractivity contribution is -0.127. The van der Waals surface area contributed by atoms with E-state index in [0.29, 0.717) is 18.0 Å². The number of hydrogen-bond donors (Lipinski definition) is 2. The number of likely N-dealkylation sites (N-methyl/N-ethyl adjacent to an activating group) is 1. The number of aromatic hydroxyl groups is 1. The maximum atomic E-state index is 12.7. The van der Waals surface area contributed by atoms with E-state index in [2.05, 4.69) is 24.1 Å². The first kappa shape index (κ1) is 23.1. The monoisotopic (exact) mass is 452 g/mol. The highest BCUT2D eigenvalue weighted by Gasteiger charge is 2.29. The number of carbonyl (C=O) groups excluding carboxylic acids is 1. The van der Waals surface area contributed by atoms with Crippen LogP contribution in [0.15, 0.2) is 30.5 Å². The number of ether oxygens (including phenoxy) is 2. The predicted octanol–water partition coefficient (Wildman–Crippen LogP) is 2.92. The predicted molar refractivity (Wildman–Crippen MR) is 127 cm³/mol. The lowest BCUT2D eigenvalue weighted by Crippen LogP contribution is -2.34. The number of carbonyl (C=O) groups is 1. The van der Waals surface area contributed by atoms with Gasteiger partial charge in [-0.2, -0.15) is 0 Å². The smallest absolute Gasteiger partial charge is 0.230 e. The molecule has 7 nitrogen and oxygen atoms in total. The Balaban J connectivity index is 1.29. The van der Waals surface area contributed by atoms with Gasteiger partial charge in [-0.15, -0.1) is 0 Å². The molecule has 2 aromatic rings. The fourth-order valence-corrected chi connectivity index (χ4v) is 4.73. The number of methoxy groups -OCH3 is 2. The third-order valence-corrected chi connectivity index (χ3v) is 6.63. The van der Waals surface area contributed by atoms with Gasteiger partial charge >= 0.3 is 0 Å². The molecule has 1 aliphatic heterocycles. The van der Waals surface area contributed by atoms with Crippen molar-refractivity contribution in [1.82, 2.24) is 9.80 Å². The Morgan fingerprint density at radius 2 is 1.88 bits per heavy atom. The number of aliphatic hydroxyl groups is 1. The highest BCUT2D eigenvalue weighted by atomic mass is 16.5. The molecule has 7 heteroatoms. The molecule has 0 saturated carbocycles. The van der Waals surface area contributed by atoms with Crippen molar-refractivity contribution in [3.63, 3.8) is 0 Å². The van der Waals surface area contributed by atoms with Gasteiger partial charge in [-0.1, -0.05) is 0 Å². The Hall–Kier alpha value is -3.03. The van der Waals surface area contributed by atoms with Crippen LogP contribution in [0.3, 0.4) is 0 Å². The normalized spacial score (nSPS) is 16.8. The standard InChI is InChI=1S/C26H32N2O5/c1-27(15-20-10-19-12-24(32-2)25(33-3)14-22(19)20)6-4-7-28-8-5-17-9-21(16-29)23(30)11-18(17)13-26(28)31/h5,8-9,11-12,14,20,29-30H,4,6-7,10,13,15-16H2,1-3H3/t20-/m1/s1. The Kier molecular flexibility index (Phi) is 6.91. The van der Waals surface area contributed by atoms with Crippen molar-refractivity contribution in [2.75, 3.05) is 40.9 Å². The van der Waals surface area contributed by atoms with E-state index in [9.17, 15) is 15.0 Å². The largest absolute Gasteiger partial charge is 0.508 e. The first-order valence-electron chi connectivity index (χ1n) is 11.3. The molecule has 176 valence electrons. The van der Waals surface area contributed by atoms with Gasteiger partial charge in [0, 0.05) is 30.8 Å². The molecular weight excluding hydrogens is 420 g/mol. The number of hydrogen-bond acceptors (Lipinski definition) is 6. The maximum absolute atomic E-state index is 12.7. The van der Waals surface area contributed by atoms with E-state index in [4.69, 9.17) is 9.47 Å². The van der Waals surface area contributed by atoms with E-state index in [0.717, 1.165) is 48.6 Å². The minimum absolute atomic E-state index is 0.0118. The van der Waals surface area contributed by atoms with Crippen LogP contribution in [0.2, 0.25) is 0 Å². The van der Waals surface area contributed by atoms with Crippen LogP contribution in [-0.2, 0) is 24.2 Å². The zero-order valence-electron chi connectivity index (χ0n) is 19.5. The van der Waals surface area contributed by atoms with Crippen molar-refractivity contribution in [2.24, 2.45) is 0 Å². The summed E-state index contributed by atoms with van der Waals surface area (Å²) in [5, 5.41) is 19.4. The molecule has 0 aromatic heterocycles. The quantitative estimate of drug-likeness (QED) is 0.609. The van der Waals surface area contributed by atoms with Gasteiger partial charge in [-0.05, 0) is 79.0 Å². The summed E-state index contributed by atoms with van der Waals surface area (Å²) in [6, 6.07) is 7.49. The van der Waals surface area contributed by atoms with Gasteiger partial charge < -0.3 is 29.5 Å². The molecule has 1 aliphatic carbocycles. The van der Waals surface area contributed by atoms with E-state index in [-0.39, 0.29) is 24.7 Å². The zero-order valence-corrected chi connectivity index (χ0v) is 19.5. The van der Waals surface area contributed by atoms with Gasteiger partial charge in [0.25, 0.3) is 0 Å². The van der Waals surface area contributed by atoms with Gasteiger partial charge in [0.1, 0.15) is 5.75 Å². The second-order valence-electron chi connectivity index (χ2n) is 8.84. The fraction of sp³-hybridized carbons (Fsp3) is 0.423. The number of aliphatic hydroxyl groups excluding tert-OH is 1. The lowest BCUT2D eigenvalue weighted by atomic mass is 9.77. The third-order valence-electron chi connectivity index (χ3n) is 6.63. The van der Waals surface area contributed by atoms with Crippen LogP contribution in [0.4, 0.5) is 0 Å². The molecule has 2 N–H and O–H groups in total. The number of benzene rings is 2. The molecule has 2 aliphatic rings. The van der Waals surface area contributed by atoms with Crippen LogP contribution >= 0.6 is 0 Å². The highest BCUT2D eigenvalue weighted by molar-refractivity contribution is 5.84. The summed E-state index contributed by atoms with van der Waals surface area (Å²) in [7, 11) is 5.44. The second kappa shape index (κ2) is 9.85. The van der Waals surface area contributed by atoms with Crippen LogP contribution in [0.1, 0.15) is 40.2 Å². The number of fused-ring (bicyclic) bond motifs is 2. The Labute approximate surface area is 194 Å². The average Bonchev–Trinajstić information content (AvgIpc) is 2.94. The van der Waals surface area contributed by atoms with Crippen molar-refractivity contribution in [2.45, 2.75) is 31.8 Å². The summed E-state index contributed by atoms with van der Waals surface area (Å²) in [6.45, 7) is 2.25. The Morgan fingerprint density at radius 3 is 2.61 bits per heavy atom. The minimum Gasteiger partial charge on any atom is -0.508 e. The molecule has 1 amide bonds. The molecule has 0 bridgehead atoms. The van der Waals surface area contributed by atoms with Crippen LogP contribution in [-0.4, -0.2) is 66.8 Å². The number of amides is 1. The summed E-state index contributed by atoms with van der Waals surface area (Å²) < 4.78 is 10.8. The lowest BCUT2D eigenvalue weighted by Gasteiger charge is -2.34. The number of rotatable bonds is 9. The average molecular weight is 453 g/mol. The molecule has 2 aromatic carbocycles. The highest BCUT2D eigenvalue weighted by Crippen LogP contribution is 2.42. The molecule has 0 fully saturated rings. The molecule has 1 heterocycles. The van der Waals surface area contributed by atoms with Gasteiger partial charge in [0.05, 0.1) is 27.2 Å². The van der Waals surface area contributed by atoms with Gasteiger partial charge in [-0.25, -0.2) is 0 Å². The minimum atomic E-state index is -0.233. The van der Waals surface area contributed by atoms with Crippen LogP contribution in [0.5, 0.6) is 17.2 Å². The SMILES string of the molecule is COc1cc2c(cc1OC)[C@@H](CN(C)CCCN1C=Cc3cc(CO)c(O)cc3CC1=O)C2. The van der Waals surface area contributed by atoms with Crippen LogP contribution in [0, 0.1) is 0 Å². The number of nitrogens with zero attached hydrogens (tertiary/aromatic N) is 2. The summed E-state index contributed by atoms with van der Waals surface area (Å²) >= 11 is 0. The van der Waals surface area contributed by atoms with Crippen molar-refractivity contribution in [1.29, 1.82) is 0 Å². The summed E-state index contributed by atoms with van der Waals surface area (Å²) in [5.41, 5.74) is 4.76. The van der Waals surface area contributed by atoms with Gasteiger partial charge in [0.15, 0.2) is 11.5 Å². The zero-order chi connectivity index (χ0) is 23.5. The van der Waals surface area contributed by atoms with E-state index in [1.54, 1.807) is 31.3 Å². The van der Waals surface area contributed by atoms with E-state index >= 15 is 0 Å². The summed E-state index contributed by atoms with van der Waals surface area (Å²) in [4.78, 5) is 16.8. The van der Waals surface area contributed by atoms with Crippen molar-refractivity contribution >= 4 is 12.0 Å². The first-order chi connectivity index (χ1) is 15.9. The van der Waals surface area contributed by atoms with E-state index < -0.39 is 0 Å². The molecule has 0 saturated heterocycles. The molecule has 1 atom stereocenters. The van der Waals surface area contributed by atoms with Crippen molar-refractivity contribution in [3.05, 3.63) is 58.3 Å². The topological polar surface area (TPSA) is 82.5 Å². The first-order valence-corrected chi connectivity index (χ1v) is 11.3. The molecule has 0 spiro atoms. The van der Waals surface area contributed by atoms with E-state index in [1.807, 2.05) is 12.3 Å². The summed E-state index contributed by atoms with van der Waals surface area (Å²) in [6.07, 6.45) is 5.83. The molecule has 0 unspecified atom stereocenters. The number of phenols is 1. The van der Waals surface area contributed by atoms with E-state index in [1.165, 1.54) is 11.1 Å². The van der Waals surface area contributed by atoms with Gasteiger partial charge in [0.2, 0.25) is 5.91 Å². The Morgan fingerprint density at radius 1 is 1.12 bits per heavy atom. The fourth-order valence-electron chi connectivity index (χ4n) is 4.73. The molecule has 0 radical (unpaired) electrons. The van der Waals surface area contributed by atoms with Crippen LogP contribution < -0.4 is 9.47 Å². The summed E-state index contributed by atoms with van der Waals surface area (Å²) in [5.74, 6) is 2.07. The molecule has 33 heavy (non-hydrogen) atoms. The van der Waals surface area contributed by atoms with Gasteiger partial charge in [-0.3, -0.25) is 4.79 Å². The third kappa shape index (κ3) is 4.84. The van der Waals surface area contributed by atoms with Crippen molar-refractivity contribution < 1.29 is 24.5 Å². The molecule has 4 rings (SSSR count).